The molecule has 21 heavy (non-hydrogen) atoms. The van der Waals surface area contributed by atoms with Crippen molar-refractivity contribution in [3.05, 3.63) is 41.7 Å². The first-order valence-corrected chi connectivity index (χ1v) is 7.33. The van der Waals surface area contributed by atoms with Crippen LogP contribution in [0.5, 0.6) is 0 Å². The van der Waals surface area contributed by atoms with Crippen molar-refractivity contribution >= 4 is 24.2 Å². The highest BCUT2D eigenvalue weighted by molar-refractivity contribution is 6.63. The van der Waals surface area contributed by atoms with Crippen LogP contribution >= 0.6 is 11.6 Å². The summed E-state index contributed by atoms with van der Waals surface area (Å²) in [6, 6.07) is 7.52. The molecule has 0 saturated carbocycles. The summed E-state index contributed by atoms with van der Waals surface area (Å²) in [6.45, 7) is 8.13. The molecule has 1 aliphatic rings. The van der Waals surface area contributed by atoms with Crippen molar-refractivity contribution in [1.82, 2.24) is 9.78 Å². The van der Waals surface area contributed by atoms with E-state index >= 15 is 0 Å². The Labute approximate surface area is 130 Å². The summed E-state index contributed by atoms with van der Waals surface area (Å²) in [6.07, 6.45) is 3.63. The number of benzene rings is 1. The van der Waals surface area contributed by atoms with Gasteiger partial charge < -0.3 is 9.31 Å². The van der Waals surface area contributed by atoms with E-state index in [9.17, 15) is 0 Å². The molecule has 0 aliphatic carbocycles. The first-order valence-electron chi connectivity index (χ1n) is 6.95. The maximum absolute atomic E-state index is 6.16. The molecular formula is C15H18BClN2O2. The molecule has 1 aliphatic heterocycles. The average molecular weight is 305 g/mol. The number of halogens is 1. The van der Waals surface area contributed by atoms with E-state index in [1.807, 2.05) is 58.2 Å². The van der Waals surface area contributed by atoms with E-state index < -0.39 is 7.12 Å². The molecule has 0 spiro atoms. The highest BCUT2D eigenvalue weighted by Gasteiger charge is 2.52. The lowest BCUT2D eigenvalue weighted by molar-refractivity contribution is 0.00578. The minimum absolute atomic E-state index is 0.388. The van der Waals surface area contributed by atoms with Crippen molar-refractivity contribution in [2.75, 3.05) is 0 Å². The molecule has 6 heteroatoms. The molecule has 4 nitrogen and oxygen atoms in total. The largest absolute Gasteiger partial charge is 0.497 e. The molecule has 2 aromatic rings. The Balaban J connectivity index is 2.05. The van der Waals surface area contributed by atoms with E-state index in [2.05, 4.69) is 5.10 Å². The number of nitrogens with zero attached hydrogens (tertiary/aromatic N) is 2. The summed E-state index contributed by atoms with van der Waals surface area (Å²) in [4.78, 5) is 0. The Morgan fingerprint density at radius 3 is 2.38 bits per heavy atom. The van der Waals surface area contributed by atoms with Crippen LogP contribution in [0, 0.1) is 0 Å². The van der Waals surface area contributed by atoms with Gasteiger partial charge in [0.1, 0.15) is 0 Å². The van der Waals surface area contributed by atoms with Crippen molar-refractivity contribution in [2.45, 2.75) is 38.9 Å². The fourth-order valence-corrected chi connectivity index (χ4v) is 2.48. The molecule has 3 rings (SSSR count). The van der Waals surface area contributed by atoms with E-state index in [1.165, 1.54) is 0 Å². The van der Waals surface area contributed by atoms with E-state index in [1.54, 1.807) is 10.9 Å². The molecule has 1 saturated heterocycles. The third-order valence-electron chi connectivity index (χ3n) is 4.25. The molecular weight excluding hydrogens is 286 g/mol. The van der Waals surface area contributed by atoms with Gasteiger partial charge in [0.05, 0.1) is 16.9 Å². The van der Waals surface area contributed by atoms with Crippen molar-refractivity contribution < 1.29 is 9.31 Å². The van der Waals surface area contributed by atoms with Gasteiger partial charge in [0.15, 0.2) is 0 Å². The molecule has 0 atom stereocenters. The van der Waals surface area contributed by atoms with Gasteiger partial charge in [-0.2, -0.15) is 5.10 Å². The van der Waals surface area contributed by atoms with Gasteiger partial charge in [0.25, 0.3) is 0 Å². The molecule has 1 aromatic heterocycles. The topological polar surface area (TPSA) is 36.3 Å². The monoisotopic (exact) mass is 304 g/mol. The van der Waals surface area contributed by atoms with Crippen LogP contribution in [-0.2, 0) is 9.31 Å². The van der Waals surface area contributed by atoms with Gasteiger partial charge in [-0.1, -0.05) is 11.6 Å². The van der Waals surface area contributed by atoms with E-state index in [0.29, 0.717) is 5.02 Å². The zero-order valence-corrected chi connectivity index (χ0v) is 13.4. The standard InChI is InChI=1S/C15H18BClN2O2/c1-14(2)15(3,4)21-16(20-14)12-10-11(17)6-7-13(12)19-9-5-8-18-19/h5-10H,1-4H3. The number of hydrogen-bond acceptors (Lipinski definition) is 3. The van der Waals surface area contributed by atoms with Gasteiger partial charge in [0, 0.05) is 22.9 Å². The predicted molar refractivity (Wildman–Crippen MR) is 84.3 cm³/mol. The van der Waals surface area contributed by atoms with Crippen LogP contribution in [0.4, 0.5) is 0 Å². The molecule has 2 heterocycles. The van der Waals surface area contributed by atoms with Crippen molar-refractivity contribution in [2.24, 2.45) is 0 Å². The second-order valence-electron chi connectivity index (χ2n) is 6.24. The van der Waals surface area contributed by atoms with Crippen LogP contribution in [0.25, 0.3) is 5.69 Å². The van der Waals surface area contributed by atoms with Gasteiger partial charge in [-0.15, -0.1) is 0 Å². The fourth-order valence-electron chi connectivity index (χ4n) is 2.30. The quantitative estimate of drug-likeness (QED) is 0.801. The van der Waals surface area contributed by atoms with Crippen LogP contribution in [-0.4, -0.2) is 28.1 Å². The highest BCUT2D eigenvalue weighted by atomic mass is 35.5. The summed E-state index contributed by atoms with van der Waals surface area (Å²) in [5.74, 6) is 0. The van der Waals surface area contributed by atoms with Crippen LogP contribution in [0.3, 0.4) is 0 Å². The lowest BCUT2D eigenvalue weighted by atomic mass is 9.78. The fraction of sp³-hybridized carbons (Fsp3) is 0.400. The zero-order valence-electron chi connectivity index (χ0n) is 12.6. The Hall–Kier alpha value is -1.30. The maximum atomic E-state index is 6.16. The second kappa shape index (κ2) is 4.87. The SMILES string of the molecule is CC1(C)OB(c2cc(Cl)ccc2-n2cccn2)OC1(C)C. The van der Waals surface area contributed by atoms with Crippen molar-refractivity contribution in [3.63, 3.8) is 0 Å². The summed E-state index contributed by atoms with van der Waals surface area (Å²) in [7, 11) is -0.465. The Bertz CT molecular complexity index is 640. The lowest BCUT2D eigenvalue weighted by Crippen LogP contribution is -2.41. The summed E-state index contributed by atoms with van der Waals surface area (Å²) in [5, 5.41) is 4.93. The van der Waals surface area contributed by atoms with Crippen LogP contribution < -0.4 is 5.46 Å². The summed E-state index contributed by atoms with van der Waals surface area (Å²) < 4.78 is 14.0. The zero-order chi connectivity index (χ0) is 15.3. The predicted octanol–water partition coefficient (Wildman–Crippen LogP) is 2.82. The van der Waals surface area contributed by atoms with Crippen LogP contribution in [0.2, 0.25) is 5.02 Å². The average Bonchev–Trinajstić information content (AvgIpc) is 2.97. The number of hydrogen-bond donors (Lipinski definition) is 0. The first kappa shape index (κ1) is 14.6. The molecule has 110 valence electrons. The third kappa shape index (κ3) is 2.50. The number of aromatic nitrogens is 2. The van der Waals surface area contributed by atoms with Gasteiger partial charge >= 0.3 is 7.12 Å². The molecule has 0 unspecified atom stereocenters. The molecule has 1 fully saturated rings. The van der Waals surface area contributed by atoms with Crippen LogP contribution in [0.1, 0.15) is 27.7 Å². The van der Waals surface area contributed by atoms with E-state index in [4.69, 9.17) is 20.9 Å². The summed E-state index contributed by atoms with van der Waals surface area (Å²) >= 11 is 6.16. The van der Waals surface area contributed by atoms with E-state index in [-0.39, 0.29) is 11.2 Å². The third-order valence-corrected chi connectivity index (χ3v) is 4.48. The second-order valence-corrected chi connectivity index (χ2v) is 6.68. The van der Waals surface area contributed by atoms with Gasteiger partial charge in [-0.25, -0.2) is 4.68 Å². The Kier molecular flexibility index (Phi) is 3.39. The normalized spacial score (nSPS) is 20.0. The Morgan fingerprint density at radius 1 is 1.14 bits per heavy atom. The van der Waals surface area contributed by atoms with Gasteiger partial charge in [0.2, 0.25) is 0 Å². The highest BCUT2D eigenvalue weighted by Crippen LogP contribution is 2.37. The van der Waals surface area contributed by atoms with E-state index in [0.717, 1.165) is 11.2 Å². The summed E-state index contributed by atoms with van der Waals surface area (Å²) in [5.41, 5.74) is 1.01. The van der Waals surface area contributed by atoms with Gasteiger partial charge in [-0.3, -0.25) is 0 Å². The molecule has 0 amide bonds. The first-order chi connectivity index (χ1) is 9.80. The van der Waals surface area contributed by atoms with Crippen LogP contribution in [0.15, 0.2) is 36.7 Å². The van der Waals surface area contributed by atoms with Crippen molar-refractivity contribution in [3.8, 4) is 5.69 Å². The maximum Gasteiger partial charge on any atom is 0.497 e. The molecule has 0 radical (unpaired) electrons. The minimum atomic E-state index is -0.465. The molecule has 1 aromatic carbocycles. The van der Waals surface area contributed by atoms with Crippen molar-refractivity contribution in [1.29, 1.82) is 0 Å². The smallest absolute Gasteiger partial charge is 0.399 e. The Morgan fingerprint density at radius 2 is 1.81 bits per heavy atom. The lowest BCUT2D eigenvalue weighted by Gasteiger charge is -2.32. The number of rotatable bonds is 2. The van der Waals surface area contributed by atoms with Gasteiger partial charge in [-0.05, 0) is 52.0 Å². The molecule has 0 bridgehead atoms. The minimum Gasteiger partial charge on any atom is -0.399 e. The molecule has 0 N–H and O–H groups in total.